The van der Waals surface area contributed by atoms with Crippen LogP contribution in [0.3, 0.4) is 0 Å². The molecule has 216 valence electrons. The summed E-state index contributed by atoms with van der Waals surface area (Å²) < 4.78 is 75.7. The molecule has 3 aromatic heterocycles. The fourth-order valence-electron chi connectivity index (χ4n) is 4.41. The van der Waals surface area contributed by atoms with E-state index in [9.17, 15) is 26.4 Å². The predicted molar refractivity (Wildman–Crippen MR) is 145 cm³/mol. The minimum Gasteiger partial charge on any atom is -0.444 e. The number of amides is 1. The fourth-order valence-corrected chi connectivity index (χ4v) is 6.96. The molecule has 0 bridgehead atoms. The van der Waals surface area contributed by atoms with E-state index < -0.39 is 45.4 Å². The minimum absolute atomic E-state index is 0.0864. The van der Waals surface area contributed by atoms with Crippen LogP contribution >= 0.6 is 22.9 Å². The maximum absolute atomic E-state index is 13.5. The first kappa shape index (κ1) is 28.8. The number of aromatic nitrogens is 3. The molecule has 0 unspecified atom stereocenters. The summed E-state index contributed by atoms with van der Waals surface area (Å²) in [6.45, 7) is 5.15. The molecule has 0 aromatic carbocycles. The zero-order valence-corrected chi connectivity index (χ0v) is 24.3. The number of nitrogens with one attached hydrogen (secondary N) is 1. The number of alkyl halides is 3. The number of fused-ring (bicyclic) bond motifs is 1. The molecular weight excluding hydrogens is 591 g/mol. The van der Waals surface area contributed by atoms with Crippen molar-refractivity contribution in [1.29, 1.82) is 0 Å². The van der Waals surface area contributed by atoms with Gasteiger partial charge in [0.1, 0.15) is 17.2 Å². The molecule has 9 nitrogen and oxygen atoms in total. The van der Waals surface area contributed by atoms with E-state index in [1.165, 1.54) is 16.7 Å². The quantitative estimate of drug-likeness (QED) is 0.356. The molecule has 1 aliphatic carbocycles. The van der Waals surface area contributed by atoms with Gasteiger partial charge >= 0.3 is 6.09 Å². The van der Waals surface area contributed by atoms with Crippen LogP contribution in [-0.2, 0) is 14.8 Å². The van der Waals surface area contributed by atoms with E-state index in [2.05, 4.69) is 14.9 Å². The van der Waals surface area contributed by atoms with E-state index >= 15 is 0 Å². The maximum atomic E-state index is 13.5. The van der Waals surface area contributed by atoms with Crippen molar-refractivity contribution < 1.29 is 31.1 Å². The molecule has 1 N–H and O–H groups in total. The molecule has 1 saturated carbocycles. The second-order valence-corrected chi connectivity index (χ2v) is 14.0. The highest BCUT2D eigenvalue weighted by atomic mass is 35.5. The third-order valence-electron chi connectivity index (χ3n) is 6.61. The van der Waals surface area contributed by atoms with Crippen molar-refractivity contribution in [2.45, 2.75) is 62.5 Å². The first-order valence-corrected chi connectivity index (χ1v) is 15.1. The second-order valence-electron chi connectivity index (χ2n) is 10.9. The van der Waals surface area contributed by atoms with E-state index in [1.807, 2.05) is 6.08 Å². The van der Waals surface area contributed by atoms with Crippen LogP contribution in [0.15, 0.2) is 29.3 Å². The molecule has 1 fully saturated rings. The third-order valence-corrected chi connectivity index (χ3v) is 9.40. The summed E-state index contributed by atoms with van der Waals surface area (Å²) in [7, 11) is -4.16. The number of carbonyl (C=O) groups excluding carboxylic acids is 1. The van der Waals surface area contributed by atoms with Crippen LogP contribution in [0.4, 0.5) is 18.0 Å². The second kappa shape index (κ2) is 10.3. The lowest BCUT2D eigenvalue weighted by molar-refractivity contribution is 0.0270. The first-order valence-electron chi connectivity index (χ1n) is 12.5. The number of hydrogen-bond acceptors (Lipinski definition) is 7. The SMILES string of the molecule is CC(C)(C)OC(=O)N1CC=C(c2cc(-c3nnc(C(F)F)s3)n3cc(S(=O)(=O)NC4(CF)CC4)cc(Cl)c23)CC1. The molecule has 4 heterocycles. The van der Waals surface area contributed by atoms with Crippen molar-refractivity contribution in [3.05, 3.63) is 40.0 Å². The Hall–Kier alpha value is -2.68. The zero-order chi connectivity index (χ0) is 29.0. The van der Waals surface area contributed by atoms with Crippen molar-refractivity contribution >= 4 is 50.1 Å². The highest BCUT2D eigenvalue weighted by Gasteiger charge is 2.46. The molecule has 1 amide bonds. The average molecular weight is 618 g/mol. The topological polar surface area (TPSA) is 106 Å². The summed E-state index contributed by atoms with van der Waals surface area (Å²) in [5.74, 6) is 0. The Bertz CT molecular complexity index is 1610. The van der Waals surface area contributed by atoms with Crippen molar-refractivity contribution in [2.75, 3.05) is 19.8 Å². The first-order chi connectivity index (χ1) is 18.7. The molecule has 0 radical (unpaired) electrons. The van der Waals surface area contributed by atoms with Gasteiger partial charge in [-0.3, -0.25) is 0 Å². The number of carbonyl (C=O) groups is 1. The fraction of sp³-hybridized carbons (Fsp3) is 0.480. The highest BCUT2D eigenvalue weighted by molar-refractivity contribution is 7.89. The standard InChI is InChI=1S/C25H27ClF3N5O4S2/c1-24(2,3)38-23(35)33-8-4-14(5-9-33)16-11-18(21-30-31-22(39-21)20(28)29)34-12-15(10-17(26)19(16)34)40(36,37)32-25(13-27)6-7-25/h4,10-12,20,32H,5-9,13H2,1-3H3. The number of halogens is 4. The smallest absolute Gasteiger partial charge is 0.410 e. The van der Waals surface area contributed by atoms with Crippen LogP contribution < -0.4 is 4.72 Å². The Kier molecular flexibility index (Phi) is 7.43. The van der Waals surface area contributed by atoms with Gasteiger partial charge in [0.25, 0.3) is 6.43 Å². The van der Waals surface area contributed by atoms with E-state index in [1.54, 1.807) is 31.7 Å². The van der Waals surface area contributed by atoms with Gasteiger partial charge in [-0.15, -0.1) is 10.2 Å². The molecule has 2 aliphatic rings. The van der Waals surface area contributed by atoms with Gasteiger partial charge in [0.05, 0.1) is 21.8 Å². The minimum atomic E-state index is -4.16. The molecule has 0 saturated heterocycles. The Morgan fingerprint density at radius 2 is 2.00 bits per heavy atom. The molecule has 5 rings (SSSR count). The number of ether oxygens (including phenoxy) is 1. The predicted octanol–water partition coefficient (Wildman–Crippen LogP) is 5.85. The van der Waals surface area contributed by atoms with Gasteiger partial charge in [-0.25, -0.2) is 31.1 Å². The van der Waals surface area contributed by atoms with Crippen molar-refractivity contribution in [3.8, 4) is 10.7 Å². The van der Waals surface area contributed by atoms with Crippen molar-refractivity contribution in [2.24, 2.45) is 0 Å². The number of nitrogens with zero attached hydrogens (tertiary/aromatic N) is 4. The van der Waals surface area contributed by atoms with Crippen LogP contribution in [-0.4, -0.2) is 64.9 Å². The molecular formula is C25H27ClF3N5O4S2. The molecule has 15 heteroatoms. The Labute approximate surface area is 238 Å². The largest absolute Gasteiger partial charge is 0.444 e. The van der Waals surface area contributed by atoms with Crippen LogP contribution in [0.5, 0.6) is 0 Å². The molecule has 0 spiro atoms. The van der Waals surface area contributed by atoms with Crippen LogP contribution in [0.1, 0.15) is 57.0 Å². The van der Waals surface area contributed by atoms with Crippen molar-refractivity contribution in [1.82, 2.24) is 24.2 Å². The van der Waals surface area contributed by atoms with Gasteiger partial charge in [-0.1, -0.05) is 29.0 Å². The van der Waals surface area contributed by atoms with E-state index in [4.69, 9.17) is 16.3 Å². The van der Waals surface area contributed by atoms with E-state index in [0.717, 1.165) is 5.57 Å². The lowest BCUT2D eigenvalue weighted by Crippen LogP contribution is -2.39. The van der Waals surface area contributed by atoms with Gasteiger partial charge < -0.3 is 14.0 Å². The lowest BCUT2D eigenvalue weighted by Gasteiger charge is -2.29. The molecule has 3 aromatic rings. The van der Waals surface area contributed by atoms with Crippen molar-refractivity contribution in [3.63, 3.8) is 0 Å². The Morgan fingerprint density at radius 1 is 1.27 bits per heavy atom. The lowest BCUT2D eigenvalue weighted by atomic mass is 10.0. The van der Waals surface area contributed by atoms with Gasteiger partial charge in [0.15, 0.2) is 10.0 Å². The summed E-state index contributed by atoms with van der Waals surface area (Å²) in [6.07, 6.45) is 1.10. The molecule has 40 heavy (non-hydrogen) atoms. The van der Waals surface area contributed by atoms with Gasteiger partial charge in [0, 0.05) is 24.8 Å². The third kappa shape index (κ3) is 5.71. The maximum Gasteiger partial charge on any atom is 0.410 e. The van der Waals surface area contributed by atoms with Crippen LogP contribution in [0.25, 0.3) is 21.8 Å². The van der Waals surface area contributed by atoms with Crippen LogP contribution in [0, 0.1) is 0 Å². The summed E-state index contributed by atoms with van der Waals surface area (Å²) >= 11 is 7.35. The summed E-state index contributed by atoms with van der Waals surface area (Å²) in [6, 6.07) is 2.97. The monoisotopic (exact) mass is 617 g/mol. The zero-order valence-electron chi connectivity index (χ0n) is 21.9. The van der Waals surface area contributed by atoms with E-state index in [-0.39, 0.29) is 21.5 Å². The molecule has 0 atom stereocenters. The Balaban J connectivity index is 1.58. The summed E-state index contributed by atoms with van der Waals surface area (Å²) in [5, 5.41) is 7.23. The molecule has 1 aliphatic heterocycles. The summed E-state index contributed by atoms with van der Waals surface area (Å²) in [4.78, 5) is 13.9. The van der Waals surface area contributed by atoms with Gasteiger partial charge in [-0.2, -0.15) is 0 Å². The number of rotatable bonds is 7. The average Bonchev–Trinajstić information content (AvgIpc) is 3.28. The van der Waals surface area contributed by atoms with Gasteiger partial charge in [0.2, 0.25) is 10.0 Å². The number of sulfonamides is 1. The highest BCUT2D eigenvalue weighted by Crippen LogP contribution is 2.41. The van der Waals surface area contributed by atoms with Crippen LogP contribution in [0.2, 0.25) is 5.02 Å². The summed E-state index contributed by atoms with van der Waals surface area (Å²) in [5.41, 5.74) is 0.452. The van der Waals surface area contributed by atoms with E-state index in [0.29, 0.717) is 53.9 Å². The Morgan fingerprint density at radius 3 is 2.55 bits per heavy atom. The number of hydrogen-bond donors (Lipinski definition) is 1. The number of pyridine rings is 1. The normalized spacial score (nSPS) is 17.4. The van der Waals surface area contributed by atoms with Gasteiger partial charge in [-0.05, 0) is 57.7 Å².